The van der Waals surface area contributed by atoms with E-state index in [9.17, 15) is 32.9 Å². The van der Waals surface area contributed by atoms with Crippen LogP contribution in [0.4, 0.5) is 9.59 Å². The molecule has 3 aromatic carbocycles. The van der Waals surface area contributed by atoms with Crippen LogP contribution in [0.1, 0.15) is 69.7 Å². The number of carbonyl (C=O) groups excluding carboxylic acids is 4. The highest BCUT2D eigenvalue weighted by molar-refractivity contribution is 7.90. The highest BCUT2D eigenvalue weighted by Gasteiger charge is 2.58. The molecule has 4 heterocycles. The van der Waals surface area contributed by atoms with Crippen molar-refractivity contribution >= 4 is 44.6 Å². The van der Waals surface area contributed by atoms with Gasteiger partial charge in [0.05, 0.1) is 55.9 Å². The number of imidazole rings is 2. The lowest BCUT2D eigenvalue weighted by molar-refractivity contribution is -0.135. The summed E-state index contributed by atoms with van der Waals surface area (Å²) in [4.78, 5) is 72.0. The van der Waals surface area contributed by atoms with Crippen LogP contribution in [0.3, 0.4) is 0 Å². The standard InChI is InChI=1S/C49H55N9O8S/c1-28(2)41(56-48(62)66-5)46(60)58-27-49(17-18-49)29(3)42(58)44-52-25-39(54-44)36-14-13-34-22-33(11-12-35(34)23-36)31-7-9-32(10-8-31)38-24-51-43(53-38)40-21-30(15-19-50)26-57(40)45(59)37(55-47(61)65-4)16-20-67(6,63)64/h7-14,22-25,28,30,37,40-42H,3,15-18,20-21,26-27H2,1-2,4-6H3,(H,51,53)(H,52,54)(H,55,61)(H,56,62). The molecule has 2 aromatic heterocycles. The number of nitrogens with one attached hydrogen (secondary N) is 4. The number of hydrogen-bond donors (Lipinski definition) is 4. The number of aromatic amines is 2. The molecule has 5 atom stereocenters. The average Bonchev–Trinajstić information content (AvgIpc) is 3.70. The number of ether oxygens (including phenoxy) is 2. The Balaban J connectivity index is 0.973. The Morgan fingerprint density at radius 3 is 2.06 bits per heavy atom. The first-order chi connectivity index (χ1) is 32.0. The molecule has 4 amide bonds. The van der Waals surface area contributed by atoms with Gasteiger partial charge in [-0.3, -0.25) is 9.59 Å². The topological polar surface area (TPSA) is 233 Å². The molecular weight excluding hydrogens is 875 g/mol. The minimum Gasteiger partial charge on any atom is -0.453 e. The molecule has 67 heavy (non-hydrogen) atoms. The molecule has 18 heteroatoms. The van der Waals surface area contributed by atoms with Crippen LogP contribution in [0.5, 0.6) is 0 Å². The average molecular weight is 930 g/mol. The Morgan fingerprint density at radius 2 is 1.43 bits per heavy atom. The van der Waals surface area contributed by atoms with E-state index in [0.717, 1.165) is 69.1 Å². The van der Waals surface area contributed by atoms with E-state index in [1.165, 1.54) is 14.2 Å². The van der Waals surface area contributed by atoms with Crippen molar-refractivity contribution in [3.05, 3.63) is 96.9 Å². The summed E-state index contributed by atoms with van der Waals surface area (Å²) < 4.78 is 33.5. The molecule has 2 aliphatic heterocycles. The summed E-state index contributed by atoms with van der Waals surface area (Å²) >= 11 is 0. The first kappa shape index (κ1) is 46.5. The van der Waals surface area contributed by atoms with Crippen LogP contribution in [0.25, 0.3) is 44.4 Å². The first-order valence-electron chi connectivity index (χ1n) is 22.3. The third-order valence-corrected chi connectivity index (χ3v) is 14.4. The molecule has 5 unspecified atom stereocenters. The van der Waals surface area contributed by atoms with Gasteiger partial charge in [-0.05, 0) is 82.7 Å². The minimum absolute atomic E-state index is 0.137. The maximum absolute atomic E-state index is 14.0. The second-order valence-corrected chi connectivity index (χ2v) is 20.6. The SMILES string of the molecule is C=C1C(c2ncc(-c3ccc4cc(-c5ccc(-c6cnc(C7CC(CC#N)CN7C(=O)C(CCS(C)(=O)=O)NC(=O)OC)[nH]6)cc5)ccc4c3)[nH]2)N(C(=O)C(NC(=O)OC)C(C)C)CC12CC2. The number of fused-ring (bicyclic) bond motifs is 1. The number of nitrogens with zero attached hydrogens (tertiary/aromatic N) is 5. The summed E-state index contributed by atoms with van der Waals surface area (Å²) in [5, 5.41) is 16.8. The monoisotopic (exact) mass is 929 g/mol. The van der Waals surface area contributed by atoms with Crippen LogP contribution < -0.4 is 10.6 Å². The van der Waals surface area contributed by atoms with Crippen LogP contribution in [-0.2, 0) is 28.9 Å². The van der Waals surface area contributed by atoms with Crippen molar-refractivity contribution in [2.24, 2.45) is 17.3 Å². The summed E-state index contributed by atoms with van der Waals surface area (Å²) in [5.74, 6) is -0.140. The number of rotatable bonds is 14. The quantitative estimate of drug-likeness (QED) is 0.0841. The smallest absolute Gasteiger partial charge is 0.407 e. The van der Waals surface area contributed by atoms with E-state index in [4.69, 9.17) is 14.5 Å². The van der Waals surface area contributed by atoms with Crippen molar-refractivity contribution in [2.75, 3.05) is 39.3 Å². The van der Waals surface area contributed by atoms with Crippen molar-refractivity contribution < 1.29 is 37.1 Å². The zero-order valence-electron chi connectivity index (χ0n) is 38.2. The lowest BCUT2D eigenvalue weighted by Gasteiger charge is -2.30. The number of carbonyl (C=O) groups is 4. The molecule has 17 nitrogen and oxygen atoms in total. The van der Waals surface area contributed by atoms with Gasteiger partial charge in [0.25, 0.3) is 0 Å². The fraction of sp³-hybridized carbons (Fsp3) is 0.408. The van der Waals surface area contributed by atoms with Gasteiger partial charge in [-0.2, -0.15) is 5.26 Å². The molecular formula is C49H55N9O8S. The minimum atomic E-state index is -3.43. The van der Waals surface area contributed by atoms with Gasteiger partial charge in [0.1, 0.15) is 39.6 Å². The molecule has 0 bridgehead atoms. The van der Waals surface area contributed by atoms with Crippen molar-refractivity contribution in [1.29, 1.82) is 5.26 Å². The molecule has 5 aromatic rings. The molecule has 1 saturated carbocycles. The lowest BCUT2D eigenvalue weighted by Crippen LogP contribution is -2.51. The Labute approximate surface area is 389 Å². The predicted octanol–water partition coefficient (Wildman–Crippen LogP) is 6.85. The molecule has 8 rings (SSSR count). The summed E-state index contributed by atoms with van der Waals surface area (Å²) in [6, 6.07) is 19.8. The van der Waals surface area contributed by atoms with Crippen molar-refractivity contribution in [3.8, 4) is 39.7 Å². The van der Waals surface area contributed by atoms with Gasteiger partial charge < -0.3 is 39.9 Å². The summed E-state index contributed by atoms with van der Waals surface area (Å²) in [6.45, 7) is 9.01. The maximum Gasteiger partial charge on any atom is 0.407 e. The molecule has 3 fully saturated rings. The summed E-state index contributed by atoms with van der Waals surface area (Å²) in [5.41, 5.74) is 6.18. The number of alkyl carbamates (subject to hydrolysis) is 2. The fourth-order valence-electron chi connectivity index (χ4n) is 9.43. The number of H-pyrrole nitrogens is 2. The zero-order chi connectivity index (χ0) is 47.8. The third-order valence-electron chi connectivity index (χ3n) is 13.4. The normalized spacial score (nSPS) is 19.6. The van der Waals surface area contributed by atoms with E-state index in [1.807, 2.05) is 44.2 Å². The Morgan fingerprint density at radius 1 is 0.851 bits per heavy atom. The van der Waals surface area contributed by atoms with E-state index < -0.39 is 52.1 Å². The Kier molecular flexibility index (Phi) is 13.0. The second kappa shape index (κ2) is 18.7. The van der Waals surface area contributed by atoms with E-state index in [-0.39, 0.29) is 48.3 Å². The van der Waals surface area contributed by atoms with Gasteiger partial charge >= 0.3 is 12.2 Å². The number of likely N-dealkylation sites (tertiary alicyclic amines) is 2. The highest BCUT2D eigenvalue weighted by Crippen LogP contribution is 2.61. The number of benzene rings is 3. The van der Waals surface area contributed by atoms with Crippen LogP contribution >= 0.6 is 0 Å². The maximum atomic E-state index is 14.0. The van der Waals surface area contributed by atoms with Gasteiger partial charge in [0, 0.05) is 36.7 Å². The first-order valence-corrected chi connectivity index (χ1v) is 24.4. The predicted molar refractivity (Wildman–Crippen MR) is 250 cm³/mol. The van der Waals surface area contributed by atoms with E-state index in [1.54, 1.807) is 22.2 Å². The number of hydrogen-bond acceptors (Lipinski definition) is 11. The number of sulfone groups is 1. The lowest BCUT2D eigenvalue weighted by atomic mass is 9.96. The van der Waals surface area contributed by atoms with Gasteiger partial charge in [-0.1, -0.05) is 69.0 Å². The second-order valence-electron chi connectivity index (χ2n) is 18.3. The summed E-state index contributed by atoms with van der Waals surface area (Å²) in [7, 11) is -0.988. The van der Waals surface area contributed by atoms with Gasteiger partial charge in [0.2, 0.25) is 11.8 Å². The van der Waals surface area contributed by atoms with Crippen LogP contribution in [-0.4, -0.2) is 114 Å². The molecule has 0 radical (unpaired) electrons. The van der Waals surface area contributed by atoms with E-state index >= 15 is 0 Å². The molecule has 1 aliphatic carbocycles. The van der Waals surface area contributed by atoms with E-state index in [0.29, 0.717) is 24.6 Å². The number of nitriles is 1. The third kappa shape index (κ3) is 9.78. The van der Waals surface area contributed by atoms with E-state index in [2.05, 4.69) is 68.6 Å². The largest absolute Gasteiger partial charge is 0.453 e. The number of aromatic nitrogens is 4. The Bertz CT molecular complexity index is 2880. The summed E-state index contributed by atoms with van der Waals surface area (Å²) in [6.07, 6.45) is 5.50. The van der Waals surface area contributed by atoms with Crippen LogP contribution in [0.15, 0.2) is 85.2 Å². The van der Waals surface area contributed by atoms with Crippen molar-refractivity contribution in [3.63, 3.8) is 0 Å². The fourth-order valence-corrected chi connectivity index (χ4v) is 10.1. The number of amides is 4. The zero-order valence-corrected chi connectivity index (χ0v) is 39.0. The van der Waals surface area contributed by atoms with Crippen molar-refractivity contribution in [2.45, 2.75) is 70.1 Å². The van der Waals surface area contributed by atoms with Crippen LogP contribution in [0, 0.1) is 28.6 Å². The molecule has 3 aliphatic rings. The van der Waals surface area contributed by atoms with Gasteiger partial charge in [-0.15, -0.1) is 0 Å². The van der Waals surface area contributed by atoms with Gasteiger partial charge in [-0.25, -0.2) is 28.0 Å². The molecule has 350 valence electrons. The molecule has 1 spiro atoms. The molecule has 4 N–H and O–H groups in total. The van der Waals surface area contributed by atoms with Crippen LogP contribution in [0.2, 0.25) is 0 Å². The van der Waals surface area contributed by atoms with Crippen molar-refractivity contribution in [1.82, 2.24) is 40.4 Å². The molecule has 2 saturated heterocycles. The van der Waals surface area contributed by atoms with Gasteiger partial charge in [0.15, 0.2) is 0 Å². The highest BCUT2D eigenvalue weighted by atomic mass is 32.2. The Hall–Kier alpha value is -7.00. The number of methoxy groups -OCH3 is 2.